The van der Waals surface area contributed by atoms with Gasteiger partial charge >= 0.3 is 12.1 Å². The number of nitrogens with zero attached hydrogens (tertiary/aromatic N) is 2. The van der Waals surface area contributed by atoms with Gasteiger partial charge in [-0.15, -0.1) is 6.58 Å². The third-order valence-corrected chi connectivity index (χ3v) is 5.37. The highest BCUT2D eigenvalue weighted by Crippen LogP contribution is 2.49. The van der Waals surface area contributed by atoms with E-state index >= 15 is 0 Å². The monoisotopic (exact) mass is 356 g/mol. The second-order valence-electron chi connectivity index (χ2n) is 6.63. The van der Waals surface area contributed by atoms with Crippen molar-refractivity contribution >= 4 is 23.5 Å². The van der Waals surface area contributed by atoms with Crippen LogP contribution in [0.3, 0.4) is 0 Å². The molecule has 6 nitrogen and oxygen atoms in total. The van der Waals surface area contributed by atoms with E-state index in [9.17, 15) is 9.59 Å². The third-order valence-electron chi connectivity index (χ3n) is 5.37. The van der Waals surface area contributed by atoms with Crippen molar-refractivity contribution < 1.29 is 19.1 Å². The molecule has 0 aliphatic carbocycles. The lowest BCUT2D eigenvalue weighted by Crippen LogP contribution is -2.57. The van der Waals surface area contributed by atoms with Gasteiger partial charge in [-0.1, -0.05) is 24.3 Å². The van der Waals surface area contributed by atoms with E-state index in [1.54, 1.807) is 4.90 Å². The minimum atomic E-state index is -0.397. The number of ether oxygens (including phenoxy) is 2. The summed E-state index contributed by atoms with van der Waals surface area (Å²) >= 11 is 0. The van der Waals surface area contributed by atoms with Crippen molar-refractivity contribution in [1.29, 1.82) is 0 Å². The summed E-state index contributed by atoms with van der Waals surface area (Å²) in [6.45, 7) is 4.47. The van der Waals surface area contributed by atoms with Gasteiger partial charge < -0.3 is 9.47 Å². The lowest BCUT2D eigenvalue weighted by Gasteiger charge is -2.45. The van der Waals surface area contributed by atoms with Crippen LogP contribution in [0.4, 0.5) is 10.5 Å². The van der Waals surface area contributed by atoms with Crippen molar-refractivity contribution in [1.82, 2.24) is 4.90 Å². The molecule has 1 aromatic carbocycles. The predicted octanol–water partition coefficient (Wildman–Crippen LogP) is 3.38. The quantitative estimate of drug-likeness (QED) is 0.599. The van der Waals surface area contributed by atoms with Crippen LogP contribution in [0.1, 0.15) is 31.2 Å². The molecule has 1 fully saturated rings. The maximum absolute atomic E-state index is 12.3. The number of methoxy groups -OCH3 is 2. The van der Waals surface area contributed by atoms with Crippen LogP contribution in [-0.4, -0.2) is 49.5 Å². The summed E-state index contributed by atoms with van der Waals surface area (Å²) in [5.74, 6) is -0.300. The molecule has 1 saturated heterocycles. The zero-order chi connectivity index (χ0) is 18.7. The number of fused-ring (bicyclic) bond motifs is 3. The Kier molecular flexibility index (Phi) is 5.11. The van der Waals surface area contributed by atoms with Crippen LogP contribution < -0.4 is 0 Å². The molecule has 6 heteroatoms. The molecule has 3 rings (SSSR count). The minimum absolute atomic E-state index is 0.216. The number of carbonyl (C=O) groups excluding carboxylic acids is 2. The molecular weight excluding hydrogens is 332 g/mol. The number of hydrogen-bond donors (Lipinski definition) is 0. The van der Waals surface area contributed by atoms with Gasteiger partial charge in [0.05, 0.1) is 31.7 Å². The van der Waals surface area contributed by atoms with E-state index in [4.69, 9.17) is 14.5 Å². The van der Waals surface area contributed by atoms with E-state index in [-0.39, 0.29) is 23.8 Å². The first kappa shape index (κ1) is 18.2. The first-order chi connectivity index (χ1) is 12.6. The van der Waals surface area contributed by atoms with E-state index in [2.05, 4.69) is 12.6 Å². The molecule has 0 radical (unpaired) electrons. The highest BCUT2D eigenvalue weighted by molar-refractivity contribution is 6.07. The Morgan fingerprint density at radius 1 is 1.35 bits per heavy atom. The molecular formula is C20H24N2O4. The maximum atomic E-state index is 12.3. The molecule has 26 heavy (non-hydrogen) atoms. The van der Waals surface area contributed by atoms with Crippen LogP contribution >= 0.6 is 0 Å². The second kappa shape index (κ2) is 7.32. The molecule has 0 N–H and O–H groups in total. The van der Waals surface area contributed by atoms with Crippen LogP contribution in [0.2, 0.25) is 0 Å². The Bertz CT molecular complexity index is 758. The second-order valence-corrected chi connectivity index (χ2v) is 6.63. The Balaban J connectivity index is 2.03. The number of esters is 1. The van der Waals surface area contributed by atoms with Gasteiger partial charge in [0.2, 0.25) is 0 Å². The SMILES string of the molecule is C=CC[C@@]12CCN(C(=O)OC)[C@@H](CCC(=O)OC)C1=Nc1ccccc12. The van der Waals surface area contributed by atoms with Crippen LogP contribution in [0.25, 0.3) is 0 Å². The number of allylic oxidation sites excluding steroid dienone is 1. The zero-order valence-corrected chi connectivity index (χ0v) is 15.2. The van der Waals surface area contributed by atoms with Crippen molar-refractivity contribution in [3.8, 4) is 0 Å². The van der Waals surface area contributed by atoms with Crippen LogP contribution in [0.5, 0.6) is 0 Å². The van der Waals surface area contributed by atoms with Gasteiger partial charge in [-0.25, -0.2) is 4.79 Å². The molecule has 0 aromatic heterocycles. The number of hydrogen-bond acceptors (Lipinski definition) is 5. The highest BCUT2D eigenvalue weighted by Gasteiger charge is 2.51. The number of benzene rings is 1. The predicted molar refractivity (Wildman–Crippen MR) is 98.8 cm³/mol. The number of amides is 1. The van der Waals surface area contributed by atoms with E-state index in [0.717, 1.165) is 24.2 Å². The smallest absolute Gasteiger partial charge is 0.410 e. The Labute approximate surface area is 153 Å². The van der Waals surface area contributed by atoms with Crippen LogP contribution in [0.15, 0.2) is 41.9 Å². The summed E-state index contributed by atoms with van der Waals surface area (Å²) in [5.41, 5.74) is 2.74. The fourth-order valence-electron chi connectivity index (χ4n) is 4.17. The Morgan fingerprint density at radius 3 is 2.81 bits per heavy atom. The zero-order valence-electron chi connectivity index (χ0n) is 15.2. The number of carbonyl (C=O) groups is 2. The summed E-state index contributed by atoms with van der Waals surface area (Å²) in [4.78, 5) is 30.6. The van der Waals surface area contributed by atoms with Crippen molar-refractivity contribution in [3.63, 3.8) is 0 Å². The Hall–Kier alpha value is -2.63. The summed E-state index contributed by atoms with van der Waals surface area (Å²) < 4.78 is 9.75. The van der Waals surface area contributed by atoms with E-state index in [1.807, 2.05) is 24.3 Å². The third kappa shape index (κ3) is 2.89. The fourth-order valence-corrected chi connectivity index (χ4v) is 4.17. The van der Waals surface area contributed by atoms with Gasteiger partial charge in [-0.3, -0.25) is 14.7 Å². The standard InChI is InChI=1S/C20H24N2O4/c1-4-11-20-12-13-22(19(24)26-3)16(9-10-17(23)25-2)18(20)21-15-8-6-5-7-14(15)20/h4-8,16H,1,9-13H2,2-3H3/t16-,20-/m0/s1. The van der Waals surface area contributed by atoms with Crippen molar-refractivity contribution in [2.24, 2.45) is 4.99 Å². The van der Waals surface area contributed by atoms with Gasteiger partial charge in [0.1, 0.15) is 0 Å². The molecule has 1 amide bonds. The number of likely N-dealkylation sites (tertiary alicyclic amines) is 1. The molecule has 0 bridgehead atoms. The number of piperidine rings is 1. The van der Waals surface area contributed by atoms with Crippen molar-refractivity contribution in [2.45, 2.75) is 37.1 Å². The van der Waals surface area contributed by atoms with Crippen molar-refractivity contribution in [2.75, 3.05) is 20.8 Å². The molecule has 0 unspecified atom stereocenters. The lowest BCUT2D eigenvalue weighted by atomic mass is 9.67. The fraction of sp³-hybridized carbons (Fsp3) is 0.450. The largest absolute Gasteiger partial charge is 0.469 e. The highest BCUT2D eigenvalue weighted by atomic mass is 16.5. The van der Waals surface area contributed by atoms with E-state index in [1.165, 1.54) is 19.8 Å². The topological polar surface area (TPSA) is 68.2 Å². The minimum Gasteiger partial charge on any atom is -0.469 e. The van der Waals surface area contributed by atoms with Gasteiger partial charge in [0.15, 0.2) is 0 Å². The summed E-state index contributed by atoms with van der Waals surface area (Å²) in [6, 6.07) is 7.76. The molecule has 2 aliphatic heterocycles. The van der Waals surface area contributed by atoms with E-state index < -0.39 is 6.09 Å². The normalized spacial score (nSPS) is 23.5. The first-order valence-corrected chi connectivity index (χ1v) is 8.78. The lowest BCUT2D eigenvalue weighted by molar-refractivity contribution is -0.140. The van der Waals surface area contributed by atoms with E-state index in [0.29, 0.717) is 13.0 Å². The average Bonchev–Trinajstić information content (AvgIpc) is 3.00. The molecule has 0 saturated carbocycles. The Morgan fingerprint density at radius 2 is 2.12 bits per heavy atom. The van der Waals surface area contributed by atoms with Gasteiger partial charge in [-0.05, 0) is 30.9 Å². The summed E-state index contributed by atoms with van der Waals surface area (Å²) in [5, 5.41) is 0. The molecule has 0 spiro atoms. The van der Waals surface area contributed by atoms with Gasteiger partial charge in [0.25, 0.3) is 0 Å². The van der Waals surface area contributed by atoms with Crippen LogP contribution in [0, 0.1) is 0 Å². The molecule has 2 heterocycles. The van der Waals surface area contributed by atoms with Gasteiger partial charge in [-0.2, -0.15) is 0 Å². The molecule has 2 atom stereocenters. The number of aliphatic imine (C=N–C) groups is 1. The summed E-state index contributed by atoms with van der Waals surface area (Å²) in [6.07, 6.45) is 3.67. The summed E-state index contributed by atoms with van der Waals surface area (Å²) in [7, 11) is 2.74. The maximum Gasteiger partial charge on any atom is 0.410 e. The van der Waals surface area contributed by atoms with Crippen LogP contribution in [-0.2, 0) is 19.7 Å². The number of para-hydroxylation sites is 1. The molecule has 1 aromatic rings. The van der Waals surface area contributed by atoms with Gasteiger partial charge in [0, 0.05) is 18.4 Å². The first-order valence-electron chi connectivity index (χ1n) is 8.78. The average molecular weight is 356 g/mol. The molecule has 2 aliphatic rings. The molecule has 138 valence electrons. The van der Waals surface area contributed by atoms with Crippen molar-refractivity contribution in [3.05, 3.63) is 42.5 Å². The number of rotatable bonds is 5.